The lowest BCUT2D eigenvalue weighted by Crippen LogP contribution is -2.33. The first-order valence-electron chi connectivity index (χ1n) is 11.4. The molecule has 0 aliphatic rings. The fourth-order valence-corrected chi connectivity index (χ4v) is 4.17. The molecule has 0 radical (unpaired) electrons. The van der Waals surface area contributed by atoms with Crippen LogP contribution in [-0.4, -0.2) is 28.7 Å². The second-order valence-corrected chi connectivity index (χ2v) is 9.80. The summed E-state index contributed by atoms with van der Waals surface area (Å²) in [5.41, 5.74) is 7.81. The van der Waals surface area contributed by atoms with E-state index in [0.717, 1.165) is 17.7 Å². The number of nitrogens with two attached hydrogens (primary N) is 1. The first-order chi connectivity index (χ1) is 16.0. The molecule has 4 N–H and O–H groups in total. The Morgan fingerprint density at radius 1 is 1.03 bits per heavy atom. The monoisotopic (exact) mass is 461 g/mol. The van der Waals surface area contributed by atoms with Gasteiger partial charge in [0.25, 0.3) is 0 Å². The average molecular weight is 462 g/mol. The molecule has 2 aromatic carbocycles. The van der Waals surface area contributed by atoms with E-state index < -0.39 is 5.41 Å². The largest absolute Gasteiger partial charge is 0.497 e. The van der Waals surface area contributed by atoms with E-state index in [4.69, 9.17) is 26.0 Å². The van der Waals surface area contributed by atoms with Gasteiger partial charge in [-0.3, -0.25) is 10.8 Å². The Bertz CT molecular complexity index is 1150. The summed E-state index contributed by atoms with van der Waals surface area (Å²) in [4.78, 5) is 0. The molecule has 3 aromatic rings. The highest BCUT2D eigenvalue weighted by Gasteiger charge is 2.32. The van der Waals surface area contributed by atoms with Gasteiger partial charge in [-0.05, 0) is 63.3 Å². The highest BCUT2D eigenvalue weighted by atomic mass is 16.5. The molecule has 1 unspecified atom stereocenters. The van der Waals surface area contributed by atoms with E-state index in [9.17, 15) is 0 Å². The third kappa shape index (κ3) is 5.14. The minimum atomic E-state index is -0.742. The molecule has 0 saturated heterocycles. The van der Waals surface area contributed by atoms with Crippen LogP contribution in [0, 0.1) is 10.8 Å². The second-order valence-electron chi connectivity index (χ2n) is 9.80. The average Bonchev–Trinajstić information content (AvgIpc) is 3.21. The van der Waals surface area contributed by atoms with E-state index in [0.29, 0.717) is 17.3 Å². The standard InChI is InChI=1S/C27H35N5O2/c1-18(19-10-8-7-9-11-19)16-26(2,3)32-23(28)22(17-31-32)24(29)34-25(30)27(4,5)20-12-14-21(33-6)15-13-20/h7-15,17-18,29-30H,16,28H2,1-6H3. The summed E-state index contributed by atoms with van der Waals surface area (Å²) in [6, 6.07) is 17.8. The van der Waals surface area contributed by atoms with Gasteiger partial charge in [-0.25, -0.2) is 4.68 Å². The zero-order valence-electron chi connectivity index (χ0n) is 20.8. The quantitative estimate of drug-likeness (QED) is 0.295. The molecule has 0 spiro atoms. The molecular formula is C27H35N5O2. The number of methoxy groups -OCH3 is 1. The van der Waals surface area contributed by atoms with E-state index >= 15 is 0 Å². The Hall–Kier alpha value is -3.61. The van der Waals surface area contributed by atoms with Crippen molar-refractivity contribution in [3.8, 4) is 5.75 Å². The predicted octanol–water partition coefficient (Wildman–Crippen LogP) is 5.70. The molecule has 0 aliphatic carbocycles. The Balaban J connectivity index is 1.75. The van der Waals surface area contributed by atoms with Gasteiger partial charge in [-0.15, -0.1) is 0 Å². The van der Waals surface area contributed by atoms with Crippen LogP contribution in [0.2, 0.25) is 0 Å². The number of hydrogen-bond acceptors (Lipinski definition) is 6. The molecule has 180 valence electrons. The maximum atomic E-state index is 8.53. The third-order valence-corrected chi connectivity index (χ3v) is 6.38. The van der Waals surface area contributed by atoms with E-state index in [1.54, 1.807) is 18.0 Å². The van der Waals surface area contributed by atoms with Crippen molar-refractivity contribution < 1.29 is 9.47 Å². The summed E-state index contributed by atoms with van der Waals surface area (Å²) in [5, 5.41) is 21.5. The maximum Gasteiger partial charge on any atom is 0.226 e. The van der Waals surface area contributed by atoms with Gasteiger partial charge in [-0.2, -0.15) is 5.10 Å². The lowest BCUT2D eigenvalue weighted by atomic mass is 9.84. The smallest absolute Gasteiger partial charge is 0.226 e. The lowest BCUT2D eigenvalue weighted by Gasteiger charge is -2.30. The normalized spacial score (nSPS) is 12.8. The van der Waals surface area contributed by atoms with E-state index in [1.165, 1.54) is 5.56 Å². The van der Waals surface area contributed by atoms with E-state index in [2.05, 4.69) is 38.0 Å². The second kappa shape index (κ2) is 9.71. The van der Waals surface area contributed by atoms with Crippen LogP contribution in [0.5, 0.6) is 5.75 Å². The van der Waals surface area contributed by atoms with Crippen molar-refractivity contribution in [3.05, 3.63) is 77.5 Å². The number of anilines is 1. The van der Waals surface area contributed by atoms with Gasteiger partial charge in [0.05, 0.1) is 29.8 Å². The summed E-state index contributed by atoms with van der Waals surface area (Å²) in [6.07, 6.45) is 2.36. The molecule has 1 atom stereocenters. The zero-order valence-corrected chi connectivity index (χ0v) is 20.8. The fourth-order valence-electron chi connectivity index (χ4n) is 4.17. The number of nitrogens with zero attached hydrogens (tertiary/aromatic N) is 2. The van der Waals surface area contributed by atoms with Crippen LogP contribution in [0.15, 0.2) is 60.8 Å². The van der Waals surface area contributed by atoms with Gasteiger partial charge in [-0.1, -0.05) is 49.4 Å². The number of nitrogen functional groups attached to an aromatic ring is 1. The number of rotatable bonds is 8. The van der Waals surface area contributed by atoms with Crippen molar-refractivity contribution in [3.63, 3.8) is 0 Å². The molecule has 7 nitrogen and oxygen atoms in total. The maximum absolute atomic E-state index is 8.53. The number of ether oxygens (including phenoxy) is 2. The summed E-state index contributed by atoms with van der Waals surface area (Å²) >= 11 is 0. The van der Waals surface area contributed by atoms with Gasteiger partial charge < -0.3 is 15.2 Å². The van der Waals surface area contributed by atoms with E-state index in [-0.39, 0.29) is 17.3 Å². The SMILES string of the molecule is COc1ccc(C(C)(C)C(=N)OC(=N)c2cnn(C(C)(C)CC(C)c3ccccc3)c2N)cc1. The number of nitrogens with one attached hydrogen (secondary N) is 2. The minimum absolute atomic E-state index is 0.0493. The molecule has 0 fully saturated rings. The molecule has 3 rings (SSSR count). The van der Waals surface area contributed by atoms with Gasteiger partial charge in [0, 0.05) is 0 Å². The molecule has 7 heteroatoms. The number of aromatic nitrogens is 2. The van der Waals surface area contributed by atoms with Crippen LogP contribution >= 0.6 is 0 Å². The van der Waals surface area contributed by atoms with Crippen molar-refractivity contribution in [2.45, 2.75) is 57.9 Å². The van der Waals surface area contributed by atoms with Gasteiger partial charge >= 0.3 is 0 Å². The molecule has 0 bridgehead atoms. The van der Waals surface area contributed by atoms with Crippen LogP contribution in [0.3, 0.4) is 0 Å². The number of benzene rings is 2. The van der Waals surface area contributed by atoms with Crippen LogP contribution in [0.1, 0.15) is 63.6 Å². The van der Waals surface area contributed by atoms with Crippen LogP contribution in [-0.2, 0) is 15.7 Å². The molecule has 0 aliphatic heterocycles. The molecule has 0 saturated carbocycles. The first kappa shape index (κ1) is 25.0. The lowest BCUT2D eigenvalue weighted by molar-refractivity contribution is 0.282. The minimum Gasteiger partial charge on any atom is -0.497 e. The predicted molar refractivity (Wildman–Crippen MR) is 137 cm³/mol. The van der Waals surface area contributed by atoms with Gasteiger partial charge in [0.2, 0.25) is 5.90 Å². The summed E-state index contributed by atoms with van der Waals surface area (Å²) in [5.74, 6) is 1.15. The van der Waals surface area contributed by atoms with Crippen molar-refractivity contribution in [1.29, 1.82) is 10.8 Å². The van der Waals surface area contributed by atoms with E-state index in [1.807, 2.05) is 56.3 Å². The zero-order chi connectivity index (χ0) is 25.1. The molecular weight excluding hydrogens is 426 g/mol. The fraction of sp³-hybridized carbons (Fsp3) is 0.370. The highest BCUT2D eigenvalue weighted by Crippen LogP contribution is 2.33. The van der Waals surface area contributed by atoms with Crippen molar-refractivity contribution in [1.82, 2.24) is 9.78 Å². The van der Waals surface area contributed by atoms with Crippen molar-refractivity contribution in [2.75, 3.05) is 12.8 Å². The van der Waals surface area contributed by atoms with Crippen LogP contribution in [0.4, 0.5) is 5.82 Å². The van der Waals surface area contributed by atoms with Gasteiger partial charge in [0.15, 0.2) is 5.90 Å². The highest BCUT2D eigenvalue weighted by molar-refractivity contribution is 6.04. The Morgan fingerprint density at radius 3 is 2.24 bits per heavy atom. The summed E-state index contributed by atoms with van der Waals surface area (Å²) in [6.45, 7) is 10.1. The van der Waals surface area contributed by atoms with Gasteiger partial charge in [0.1, 0.15) is 11.6 Å². The summed E-state index contributed by atoms with van der Waals surface area (Å²) in [7, 11) is 1.61. The van der Waals surface area contributed by atoms with Crippen molar-refractivity contribution in [2.24, 2.45) is 0 Å². The first-order valence-corrected chi connectivity index (χ1v) is 11.4. The molecule has 0 amide bonds. The van der Waals surface area contributed by atoms with Crippen LogP contribution in [0.25, 0.3) is 0 Å². The topological polar surface area (TPSA) is 110 Å². The Labute approximate surface area is 201 Å². The van der Waals surface area contributed by atoms with Crippen molar-refractivity contribution >= 4 is 17.6 Å². The Kier molecular flexibility index (Phi) is 7.15. The molecule has 1 heterocycles. The van der Waals surface area contributed by atoms with Crippen LogP contribution < -0.4 is 10.5 Å². The third-order valence-electron chi connectivity index (χ3n) is 6.38. The number of hydrogen-bond donors (Lipinski definition) is 3. The Morgan fingerprint density at radius 2 is 1.65 bits per heavy atom. The molecule has 34 heavy (non-hydrogen) atoms. The molecule has 1 aromatic heterocycles. The summed E-state index contributed by atoms with van der Waals surface area (Å²) < 4.78 is 12.6.